The van der Waals surface area contributed by atoms with Gasteiger partial charge in [-0.15, -0.1) is 5.10 Å². The van der Waals surface area contributed by atoms with Crippen LogP contribution in [-0.4, -0.2) is 40.3 Å². The number of rotatable bonds is 7. The predicted octanol–water partition coefficient (Wildman–Crippen LogP) is 2.32. The van der Waals surface area contributed by atoms with Crippen LogP contribution in [0.3, 0.4) is 0 Å². The molecular formula is C20H21N5O3. The minimum Gasteiger partial charge on any atom is -0.493 e. The van der Waals surface area contributed by atoms with E-state index in [1.165, 1.54) is 6.08 Å². The quantitative estimate of drug-likeness (QED) is 0.634. The van der Waals surface area contributed by atoms with Crippen molar-refractivity contribution in [1.29, 1.82) is 0 Å². The third-order valence-corrected chi connectivity index (χ3v) is 4.07. The minimum atomic E-state index is -0.256. The summed E-state index contributed by atoms with van der Waals surface area (Å²) >= 11 is 0. The molecule has 8 nitrogen and oxygen atoms in total. The van der Waals surface area contributed by atoms with Crippen LogP contribution in [-0.2, 0) is 11.3 Å². The number of carbonyl (C=O) groups excluding carboxylic acids is 1. The molecule has 3 rings (SSSR count). The van der Waals surface area contributed by atoms with Gasteiger partial charge in [0, 0.05) is 6.08 Å². The summed E-state index contributed by atoms with van der Waals surface area (Å²) in [6.45, 7) is 2.21. The van der Waals surface area contributed by atoms with E-state index in [0.29, 0.717) is 17.3 Å². The summed E-state index contributed by atoms with van der Waals surface area (Å²) in [5.74, 6) is 1.51. The number of hydrogen-bond acceptors (Lipinski definition) is 6. The summed E-state index contributed by atoms with van der Waals surface area (Å²) in [5.41, 5.74) is 2.80. The number of carbonyl (C=O) groups is 1. The first kappa shape index (κ1) is 19.1. The van der Waals surface area contributed by atoms with Crippen molar-refractivity contribution in [2.45, 2.75) is 13.5 Å². The highest BCUT2D eigenvalue weighted by Crippen LogP contribution is 2.27. The van der Waals surface area contributed by atoms with Crippen LogP contribution in [0.25, 0.3) is 11.8 Å². The van der Waals surface area contributed by atoms with Crippen molar-refractivity contribution in [1.82, 2.24) is 25.5 Å². The number of tetrazole rings is 1. The number of amides is 1. The van der Waals surface area contributed by atoms with E-state index in [-0.39, 0.29) is 12.5 Å². The fourth-order valence-electron chi connectivity index (χ4n) is 2.56. The largest absolute Gasteiger partial charge is 0.493 e. The maximum Gasteiger partial charge on any atom is 0.244 e. The zero-order valence-electron chi connectivity index (χ0n) is 15.9. The molecule has 0 radical (unpaired) electrons. The molecule has 1 heterocycles. The van der Waals surface area contributed by atoms with Gasteiger partial charge in [-0.1, -0.05) is 23.8 Å². The Kier molecular flexibility index (Phi) is 6.01. The van der Waals surface area contributed by atoms with Gasteiger partial charge >= 0.3 is 0 Å². The monoisotopic (exact) mass is 379 g/mol. The van der Waals surface area contributed by atoms with Gasteiger partial charge in [-0.25, -0.2) is 0 Å². The Hall–Kier alpha value is -3.68. The highest BCUT2D eigenvalue weighted by Gasteiger charge is 2.09. The molecule has 3 aromatic rings. The molecule has 0 saturated carbocycles. The molecule has 2 aromatic carbocycles. The average Bonchev–Trinajstić information content (AvgIpc) is 3.19. The molecule has 144 valence electrons. The topological polar surface area (TPSA) is 91.2 Å². The molecule has 0 aliphatic rings. The Labute approximate surface area is 162 Å². The van der Waals surface area contributed by atoms with E-state index in [1.54, 1.807) is 37.1 Å². The summed E-state index contributed by atoms with van der Waals surface area (Å²) in [7, 11) is 3.14. The fourth-order valence-corrected chi connectivity index (χ4v) is 2.56. The second-order valence-electron chi connectivity index (χ2n) is 6.01. The third kappa shape index (κ3) is 4.53. The van der Waals surface area contributed by atoms with Gasteiger partial charge in [-0.2, -0.15) is 4.68 Å². The van der Waals surface area contributed by atoms with Crippen molar-refractivity contribution in [3.8, 4) is 17.2 Å². The summed E-state index contributed by atoms with van der Waals surface area (Å²) in [4.78, 5) is 12.1. The van der Waals surface area contributed by atoms with E-state index in [4.69, 9.17) is 9.47 Å². The predicted molar refractivity (Wildman–Crippen MR) is 104 cm³/mol. The number of aromatic nitrogens is 4. The maximum absolute atomic E-state index is 12.1. The first-order valence-electron chi connectivity index (χ1n) is 8.63. The Bertz CT molecular complexity index is 980. The Balaban J connectivity index is 1.63. The van der Waals surface area contributed by atoms with Crippen LogP contribution in [0.15, 0.2) is 48.5 Å². The van der Waals surface area contributed by atoms with Crippen LogP contribution >= 0.6 is 0 Å². The molecule has 8 heteroatoms. The van der Waals surface area contributed by atoms with Gasteiger partial charge in [-0.3, -0.25) is 4.79 Å². The summed E-state index contributed by atoms with van der Waals surface area (Å²) in [5, 5.41) is 14.4. The van der Waals surface area contributed by atoms with Gasteiger partial charge in [0.2, 0.25) is 5.91 Å². The molecule has 1 amide bonds. The van der Waals surface area contributed by atoms with Crippen LogP contribution in [0.2, 0.25) is 0 Å². The lowest BCUT2D eigenvalue weighted by Gasteiger charge is -2.07. The Morgan fingerprint density at radius 3 is 2.57 bits per heavy atom. The lowest BCUT2D eigenvalue weighted by atomic mass is 10.2. The van der Waals surface area contributed by atoms with Gasteiger partial charge in [0.15, 0.2) is 17.3 Å². The second-order valence-corrected chi connectivity index (χ2v) is 6.01. The molecule has 0 saturated heterocycles. The lowest BCUT2D eigenvalue weighted by Crippen LogP contribution is -2.22. The number of nitrogens with zero attached hydrogens (tertiary/aromatic N) is 4. The Morgan fingerprint density at radius 2 is 1.86 bits per heavy atom. The van der Waals surface area contributed by atoms with E-state index >= 15 is 0 Å². The lowest BCUT2D eigenvalue weighted by molar-refractivity contribution is -0.116. The molecular weight excluding hydrogens is 358 g/mol. The number of nitrogens with one attached hydrogen (secondary N) is 1. The molecule has 0 aliphatic heterocycles. The molecule has 28 heavy (non-hydrogen) atoms. The van der Waals surface area contributed by atoms with Crippen molar-refractivity contribution < 1.29 is 14.3 Å². The second kappa shape index (κ2) is 8.81. The molecule has 0 unspecified atom stereocenters. The highest BCUT2D eigenvalue weighted by molar-refractivity contribution is 5.91. The number of hydrogen-bond donors (Lipinski definition) is 1. The van der Waals surface area contributed by atoms with Crippen molar-refractivity contribution >= 4 is 12.0 Å². The van der Waals surface area contributed by atoms with E-state index in [2.05, 4.69) is 20.8 Å². The van der Waals surface area contributed by atoms with Gasteiger partial charge in [0.05, 0.1) is 26.5 Å². The van der Waals surface area contributed by atoms with E-state index in [1.807, 2.05) is 37.3 Å². The smallest absolute Gasteiger partial charge is 0.244 e. The third-order valence-electron chi connectivity index (χ3n) is 4.07. The van der Waals surface area contributed by atoms with Gasteiger partial charge < -0.3 is 14.8 Å². The molecule has 0 aliphatic carbocycles. The minimum absolute atomic E-state index is 0.204. The van der Waals surface area contributed by atoms with Crippen LogP contribution in [0.4, 0.5) is 0 Å². The van der Waals surface area contributed by atoms with Gasteiger partial charge in [-0.05, 0) is 53.3 Å². The summed E-state index contributed by atoms with van der Waals surface area (Å²) in [6, 6.07) is 13.2. The van der Waals surface area contributed by atoms with Gasteiger partial charge in [0.25, 0.3) is 0 Å². The molecule has 0 bridgehead atoms. The van der Waals surface area contributed by atoms with E-state index in [0.717, 1.165) is 16.8 Å². The molecule has 0 atom stereocenters. The average molecular weight is 379 g/mol. The van der Waals surface area contributed by atoms with Crippen LogP contribution in [0, 0.1) is 6.92 Å². The maximum atomic E-state index is 12.1. The number of ether oxygens (including phenoxy) is 2. The first-order chi connectivity index (χ1) is 13.6. The number of benzene rings is 2. The molecule has 0 spiro atoms. The normalized spacial score (nSPS) is 10.8. The van der Waals surface area contributed by atoms with Crippen LogP contribution < -0.4 is 14.8 Å². The first-order valence-corrected chi connectivity index (χ1v) is 8.63. The number of methoxy groups -OCH3 is 2. The highest BCUT2D eigenvalue weighted by atomic mass is 16.5. The van der Waals surface area contributed by atoms with E-state index < -0.39 is 0 Å². The zero-order valence-corrected chi connectivity index (χ0v) is 15.9. The fraction of sp³-hybridized carbons (Fsp3) is 0.200. The van der Waals surface area contributed by atoms with Crippen molar-refractivity contribution in [2.75, 3.05) is 14.2 Å². The summed E-state index contributed by atoms with van der Waals surface area (Å²) < 4.78 is 12.1. The van der Waals surface area contributed by atoms with Crippen LogP contribution in [0.1, 0.15) is 17.0 Å². The molecule has 0 fully saturated rings. The molecule has 1 N–H and O–H groups in total. The molecule has 1 aromatic heterocycles. The summed E-state index contributed by atoms with van der Waals surface area (Å²) in [6.07, 6.45) is 3.14. The SMILES string of the molecule is COc1ccc(/C=C\C(=O)NCc2nnnn2-c2ccc(C)cc2)cc1OC. The van der Waals surface area contributed by atoms with Crippen molar-refractivity contribution in [2.24, 2.45) is 0 Å². The zero-order chi connectivity index (χ0) is 19.9. The van der Waals surface area contributed by atoms with Crippen molar-refractivity contribution in [3.05, 3.63) is 65.5 Å². The van der Waals surface area contributed by atoms with Gasteiger partial charge in [0.1, 0.15) is 0 Å². The van der Waals surface area contributed by atoms with Crippen molar-refractivity contribution in [3.63, 3.8) is 0 Å². The van der Waals surface area contributed by atoms with E-state index in [9.17, 15) is 4.79 Å². The standard InChI is InChI=1S/C20H21N5O3/c1-14-4-8-16(9-5-14)25-19(22-23-24-25)13-21-20(26)11-7-15-6-10-17(27-2)18(12-15)28-3/h4-12H,13H2,1-3H3,(H,21,26)/b11-7-. The van der Waals surface area contributed by atoms with Crippen LogP contribution in [0.5, 0.6) is 11.5 Å². The number of aryl methyl sites for hydroxylation is 1. The Morgan fingerprint density at radius 1 is 1.11 bits per heavy atom.